The molecule has 0 spiro atoms. The lowest BCUT2D eigenvalue weighted by Crippen LogP contribution is -2.01. The average molecular weight is 241 g/mol. The van der Waals surface area contributed by atoms with Crippen molar-refractivity contribution in [2.75, 3.05) is 5.32 Å². The van der Waals surface area contributed by atoms with Gasteiger partial charge in [0, 0.05) is 0 Å². The number of hydrogen-bond donors (Lipinski definition) is 1. The third-order valence-corrected chi connectivity index (χ3v) is 2.01. The van der Waals surface area contributed by atoms with Gasteiger partial charge in [0.25, 0.3) is 0 Å². The van der Waals surface area contributed by atoms with Gasteiger partial charge in [0.2, 0.25) is 0 Å². The van der Waals surface area contributed by atoms with Crippen LogP contribution < -0.4 is 5.32 Å². The summed E-state index contributed by atoms with van der Waals surface area (Å²) in [5.41, 5.74) is 0.542. The summed E-state index contributed by atoms with van der Waals surface area (Å²) < 4.78 is 0.116. The van der Waals surface area contributed by atoms with E-state index in [9.17, 15) is 0 Å². The van der Waals surface area contributed by atoms with Gasteiger partial charge in [-0.15, -0.1) is 0 Å². The summed E-state index contributed by atoms with van der Waals surface area (Å²) in [6, 6.07) is 5.14. The van der Waals surface area contributed by atoms with E-state index in [0.29, 0.717) is 15.7 Å². The van der Waals surface area contributed by atoms with E-state index in [2.05, 4.69) is 17.5 Å². The topological polar surface area (TPSA) is 12.0 Å². The number of anilines is 1. The first kappa shape index (κ1) is 10.1. The van der Waals surface area contributed by atoms with Crippen LogP contribution >= 0.6 is 47.0 Å². The highest BCUT2D eigenvalue weighted by molar-refractivity contribution is 7.83. The quantitative estimate of drug-likeness (QED) is 0.453. The Bertz CT molecular complexity index is 293. The number of nitrogens with one attached hydrogen (secondary N) is 1. The van der Waals surface area contributed by atoms with E-state index in [4.69, 9.17) is 34.8 Å². The molecule has 12 heavy (non-hydrogen) atoms. The van der Waals surface area contributed by atoms with Crippen LogP contribution in [-0.2, 0) is 0 Å². The highest BCUT2D eigenvalue weighted by Crippen LogP contribution is 2.29. The van der Waals surface area contributed by atoms with Crippen LogP contribution in [0.25, 0.3) is 0 Å². The number of halogens is 3. The average Bonchev–Trinajstić information content (AvgIpc) is 1.97. The Kier molecular flexibility index (Phi) is 3.59. The van der Waals surface area contributed by atoms with Crippen molar-refractivity contribution in [3.8, 4) is 0 Å². The van der Waals surface area contributed by atoms with Gasteiger partial charge in [-0.2, -0.15) is 0 Å². The van der Waals surface area contributed by atoms with Gasteiger partial charge in [-0.25, -0.2) is 0 Å². The molecule has 1 aromatic carbocycles. The Morgan fingerprint density at radius 2 is 1.75 bits per heavy atom. The minimum Gasteiger partial charge on any atom is -0.335 e. The normalized spacial score (nSPS) is 9.58. The molecule has 0 fully saturated rings. The van der Waals surface area contributed by atoms with E-state index in [0.717, 1.165) is 0 Å². The van der Waals surface area contributed by atoms with Crippen molar-refractivity contribution in [1.82, 2.24) is 0 Å². The molecule has 0 saturated carbocycles. The lowest BCUT2D eigenvalue weighted by molar-refractivity contribution is 1.66. The second-order valence-electron chi connectivity index (χ2n) is 2.00. The highest BCUT2D eigenvalue weighted by Gasteiger charge is 2.04. The van der Waals surface area contributed by atoms with Crippen molar-refractivity contribution < 1.29 is 0 Å². The van der Waals surface area contributed by atoms with E-state index >= 15 is 0 Å². The van der Waals surface area contributed by atoms with E-state index in [1.165, 1.54) is 0 Å². The predicted octanol–water partition coefficient (Wildman–Crippen LogP) is 3.93. The van der Waals surface area contributed by atoms with Crippen LogP contribution in [0.5, 0.6) is 0 Å². The summed E-state index contributed by atoms with van der Waals surface area (Å²) in [4.78, 5) is 0. The first-order valence-corrected chi connectivity index (χ1v) is 4.56. The zero-order valence-electron chi connectivity index (χ0n) is 5.77. The van der Waals surface area contributed by atoms with E-state index in [1.807, 2.05) is 0 Å². The molecule has 0 aliphatic rings. The van der Waals surface area contributed by atoms with Crippen LogP contribution in [0.3, 0.4) is 0 Å². The molecule has 0 amide bonds. The van der Waals surface area contributed by atoms with Gasteiger partial charge in [-0.1, -0.05) is 40.9 Å². The fourth-order valence-corrected chi connectivity index (χ4v) is 1.40. The predicted molar refractivity (Wildman–Crippen MR) is 58.5 cm³/mol. The Morgan fingerprint density at radius 1 is 1.25 bits per heavy atom. The number of rotatable bonds is 1. The highest BCUT2D eigenvalue weighted by atomic mass is 35.5. The molecule has 0 atom stereocenters. The second kappa shape index (κ2) is 4.28. The minimum atomic E-state index is 0.116. The minimum absolute atomic E-state index is 0.116. The van der Waals surface area contributed by atoms with Crippen molar-refractivity contribution in [2.45, 2.75) is 0 Å². The van der Waals surface area contributed by atoms with Crippen LogP contribution in [0.1, 0.15) is 0 Å². The molecule has 64 valence electrons. The number of para-hydroxylation sites is 1. The third-order valence-electron chi connectivity index (χ3n) is 1.19. The van der Waals surface area contributed by atoms with Crippen molar-refractivity contribution in [2.24, 2.45) is 0 Å². The standard InChI is InChI=1S/C7H4Cl3NS/c8-4-2-1-3-5(9)6(4)11-7(10)12/h1-3H,(H,11,12). The summed E-state index contributed by atoms with van der Waals surface area (Å²) in [7, 11) is 0. The first-order valence-electron chi connectivity index (χ1n) is 3.02. The maximum absolute atomic E-state index is 5.81. The molecule has 0 aliphatic carbocycles. The summed E-state index contributed by atoms with van der Waals surface area (Å²) in [5, 5.41) is 3.66. The van der Waals surface area contributed by atoms with Gasteiger partial charge in [0.05, 0.1) is 15.7 Å². The largest absolute Gasteiger partial charge is 0.335 e. The van der Waals surface area contributed by atoms with E-state index < -0.39 is 0 Å². The molecule has 0 saturated heterocycles. The Labute approximate surface area is 90.6 Å². The number of hydrogen-bond acceptors (Lipinski definition) is 1. The van der Waals surface area contributed by atoms with Gasteiger partial charge in [-0.3, -0.25) is 0 Å². The van der Waals surface area contributed by atoms with Crippen molar-refractivity contribution in [3.05, 3.63) is 28.2 Å². The molecule has 0 unspecified atom stereocenters. The van der Waals surface area contributed by atoms with Crippen molar-refractivity contribution in [3.63, 3.8) is 0 Å². The lowest BCUT2D eigenvalue weighted by atomic mass is 10.3. The maximum Gasteiger partial charge on any atom is 0.171 e. The monoisotopic (exact) mass is 239 g/mol. The SMILES string of the molecule is S=C(Cl)Nc1c(Cl)cccc1Cl. The molecule has 0 bridgehead atoms. The van der Waals surface area contributed by atoms with E-state index in [1.54, 1.807) is 18.2 Å². The van der Waals surface area contributed by atoms with Crippen LogP contribution in [0.15, 0.2) is 18.2 Å². The smallest absolute Gasteiger partial charge is 0.171 e. The summed E-state index contributed by atoms with van der Waals surface area (Å²) in [6.07, 6.45) is 0. The fourth-order valence-electron chi connectivity index (χ4n) is 0.716. The molecule has 0 heterocycles. The molecule has 1 rings (SSSR count). The van der Waals surface area contributed by atoms with Gasteiger partial charge in [0.1, 0.15) is 0 Å². The first-order chi connectivity index (χ1) is 5.61. The Balaban J connectivity index is 3.04. The Morgan fingerprint density at radius 3 is 2.17 bits per heavy atom. The van der Waals surface area contributed by atoms with Gasteiger partial charge < -0.3 is 5.32 Å². The van der Waals surface area contributed by atoms with Gasteiger partial charge in [-0.05, 0) is 24.4 Å². The van der Waals surface area contributed by atoms with Gasteiger partial charge >= 0.3 is 0 Å². The van der Waals surface area contributed by atoms with E-state index in [-0.39, 0.29) is 4.45 Å². The molecule has 1 nitrogen and oxygen atoms in total. The summed E-state index contributed by atoms with van der Waals surface area (Å²) in [6.45, 7) is 0. The molecule has 0 aliphatic heterocycles. The number of benzene rings is 1. The third kappa shape index (κ3) is 2.49. The fraction of sp³-hybridized carbons (Fsp3) is 0. The molecule has 1 N–H and O–H groups in total. The summed E-state index contributed by atoms with van der Waals surface area (Å²) >= 11 is 21.7. The zero-order chi connectivity index (χ0) is 9.14. The number of thiocarbonyl (C=S) groups is 1. The molecule has 0 aromatic heterocycles. The van der Waals surface area contributed by atoms with Crippen LogP contribution in [-0.4, -0.2) is 4.45 Å². The summed E-state index contributed by atoms with van der Waals surface area (Å²) in [5.74, 6) is 0. The van der Waals surface area contributed by atoms with Gasteiger partial charge in [0.15, 0.2) is 4.45 Å². The van der Waals surface area contributed by atoms with Crippen LogP contribution in [0.4, 0.5) is 5.69 Å². The second-order valence-corrected chi connectivity index (χ2v) is 3.82. The van der Waals surface area contributed by atoms with Crippen LogP contribution in [0, 0.1) is 0 Å². The molecule has 0 radical (unpaired) electrons. The van der Waals surface area contributed by atoms with Crippen molar-refractivity contribution >= 4 is 57.2 Å². The lowest BCUT2D eigenvalue weighted by Gasteiger charge is -2.06. The maximum atomic E-state index is 5.81. The van der Waals surface area contributed by atoms with Crippen LogP contribution in [0.2, 0.25) is 10.0 Å². The zero-order valence-corrected chi connectivity index (χ0v) is 8.86. The molecular formula is C7H4Cl3NS. The van der Waals surface area contributed by atoms with Crippen molar-refractivity contribution in [1.29, 1.82) is 0 Å². The molecule has 5 heteroatoms. The molecule has 1 aromatic rings. The Hall–Kier alpha value is -0.0200. The molecular weight excluding hydrogens is 237 g/mol.